The van der Waals surface area contributed by atoms with E-state index in [-0.39, 0.29) is 11.8 Å². The van der Waals surface area contributed by atoms with Gasteiger partial charge in [-0.25, -0.2) is 15.0 Å². The van der Waals surface area contributed by atoms with Crippen molar-refractivity contribution in [2.24, 2.45) is 5.41 Å². The number of amides is 1. The van der Waals surface area contributed by atoms with Gasteiger partial charge >= 0.3 is 0 Å². The summed E-state index contributed by atoms with van der Waals surface area (Å²) >= 11 is 0. The molecule has 4 heterocycles. The minimum Gasteiger partial charge on any atom is -0.381 e. The van der Waals surface area contributed by atoms with Gasteiger partial charge in [-0.3, -0.25) is 4.79 Å². The number of aromatic nitrogens is 3. The molecule has 0 atom stereocenters. The Morgan fingerprint density at radius 2 is 1.73 bits per heavy atom. The number of pyridine rings is 1. The Morgan fingerprint density at radius 3 is 2.39 bits per heavy atom. The normalized spacial score (nSPS) is 17.1. The SMILES string of the molecule is CC(C)c1ncc(C(=O)Nc2c(-c3ccccc3)ccnc2N2CC3(CCOCC3)C2)cn1. The first-order chi connectivity index (χ1) is 16.0. The maximum Gasteiger partial charge on any atom is 0.258 e. The fraction of sp³-hybridized carbons (Fsp3) is 0.385. The van der Waals surface area contributed by atoms with Crippen molar-refractivity contribution in [3.05, 3.63) is 66.4 Å². The molecule has 1 amide bonds. The van der Waals surface area contributed by atoms with E-state index >= 15 is 0 Å². The third-order valence-electron chi connectivity index (χ3n) is 6.61. The van der Waals surface area contributed by atoms with Crippen molar-refractivity contribution in [1.82, 2.24) is 15.0 Å². The summed E-state index contributed by atoms with van der Waals surface area (Å²) < 4.78 is 5.56. The Balaban J connectivity index is 1.46. The number of carbonyl (C=O) groups excluding carboxylic acids is 1. The predicted molar refractivity (Wildman–Crippen MR) is 128 cm³/mol. The second kappa shape index (κ2) is 8.90. The number of nitrogens with zero attached hydrogens (tertiary/aromatic N) is 4. The topological polar surface area (TPSA) is 80.2 Å². The van der Waals surface area contributed by atoms with E-state index in [1.165, 1.54) is 0 Å². The lowest BCUT2D eigenvalue weighted by Gasteiger charge is -2.53. The van der Waals surface area contributed by atoms with Gasteiger partial charge in [0.25, 0.3) is 5.91 Å². The molecule has 1 aromatic carbocycles. The van der Waals surface area contributed by atoms with Crippen LogP contribution in [0.2, 0.25) is 0 Å². The molecule has 0 radical (unpaired) electrons. The van der Waals surface area contributed by atoms with Gasteiger partial charge in [0.15, 0.2) is 5.82 Å². The van der Waals surface area contributed by atoms with E-state index in [1.54, 1.807) is 12.4 Å². The zero-order chi connectivity index (χ0) is 22.8. The summed E-state index contributed by atoms with van der Waals surface area (Å²) in [5.41, 5.74) is 3.43. The Bertz CT molecular complexity index is 1120. The first-order valence-corrected chi connectivity index (χ1v) is 11.6. The average molecular weight is 444 g/mol. The van der Waals surface area contributed by atoms with Gasteiger partial charge in [0.05, 0.1) is 11.3 Å². The minimum atomic E-state index is -0.238. The van der Waals surface area contributed by atoms with Crippen molar-refractivity contribution in [3.8, 4) is 11.1 Å². The molecule has 7 heteroatoms. The second-order valence-electron chi connectivity index (χ2n) is 9.33. The largest absolute Gasteiger partial charge is 0.381 e. The number of hydrogen-bond acceptors (Lipinski definition) is 6. The lowest BCUT2D eigenvalue weighted by atomic mass is 9.73. The van der Waals surface area contributed by atoms with Crippen LogP contribution in [0.25, 0.3) is 11.1 Å². The summed E-state index contributed by atoms with van der Waals surface area (Å²) in [5, 5.41) is 3.14. The second-order valence-corrected chi connectivity index (χ2v) is 9.33. The van der Waals surface area contributed by atoms with Crippen molar-refractivity contribution in [2.75, 3.05) is 36.5 Å². The van der Waals surface area contributed by atoms with Crippen LogP contribution in [-0.4, -0.2) is 47.2 Å². The highest BCUT2D eigenvalue weighted by Gasteiger charge is 2.45. The molecular weight excluding hydrogens is 414 g/mol. The summed E-state index contributed by atoms with van der Waals surface area (Å²) in [5.74, 6) is 1.50. The molecule has 0 unspecified atom stereocenters. The van der Waals surface area contributed by atoms with Gasteiger partial charge in [-0.15, -0.1) is 0 Å². The van der Waals surface area contributed by atoms with Crippen LogP contribution >= 0.6 is 0 Å². The summed E-state index contributed by atoms with van der Waals surface area (Å²) in [6.45, 7) is 7.55. The molecule has 2 aliphatic heterocycles. The standard InChI is InChI=1S/C26H29N5O2/c1-18(2)23-28-14-20(15-29-23)25(32)30-22-21(19-6-4-3-5-7-19)8-11-27-24(22)31-16-26(17-31)9-12-33-13-10-26/h3-8,11,14-15,18H,9-10,12-13,16-17H2,1-2H3,(H,30,32). The summed E-state index contributed by atoms with van der Waals surface area (Å²) in [4.78, 5) is 28.9. The molecule has 7 nitrogen and oxygen atoms in total. The molecule has 1 spiro atoms. The van der Waals surface area contributed by atoms with Gasteiger partial charge in [0.2, 0.25) is 0 Å². The third kappa shape index (κ3) is 4.33. The molecule has 5 rings (SSSR count). The molecule has 0 bridgehead atoms. The molecule has 0 aliphatic carbocycles. The first kappa shape index (κ1) is 21.5. The third-order valence-corrected chi connectivity index (χ3v) is 6.61. The predicted octanol–water partition coefficient (Wildman–Crippen LogP) is 4.53. The minimum absolute atomic E-state index is 0.209. The Morgan fingerprint density at radius 1 is 1.03 bits per heavy atom. The smallest absolute Gasteiger partial charge is 0.258 e. The van der Waals surface area contributed by atoms with E-state index < -0.39 is 0 Å². The summed E-state index contributed by atoms with van der Waals surface area (Å²) in [6, 6.07) is 12.0. The van der Waals surface area contributed by atoms with Gasteiger partial charge in [-0.2, -0.15) is 0 Å². The van der Waals surface area contributed by atoms with Crippen LogP contribution in [0, 0.1) is 5.41 Å². The highest BCUT2D eigenvalue weighted by molar-refractivity contribution is 6.08. The van der Waals surface area contributed by atoms with Crippen LogP contribution in [-0.2, 0) is 4.74 Å². The van der Waals surface area contributed by atoms with Crippen LogP contribution in [0.1, 0.15) is 48.8 Å². The van der Waals surface area contributed by atoms with Gasteiger partial charge in [0, 0.05) is 61.8 Å². The van der Waals surface area contributed by atoms with Gasteiger partial charge < -0.3 is 15.0 Å². The maximum absolute atomic E-state index is 13.2. The fourth-order valence-corrected chi connectivity index (χ4v) is 4.64. The summed E-state index contributed by atoms with van der Waals surface area (Å²) in [7, 11) is 0. The van der Waals surface area contributed by atoms with Crippen LogP contribution in [0.3, 0.4) is 0 Å². The van der Waals surface area contributed by atoms with Crippen LogP contribution in [0.5, 0.6) is 0 Å². The molecule has 2 fully saturated rings. The van der Waals surface area contributed by atoms with E-state index in [2.05, 4.69) is 20.2 Å². The van der Waals surface area contributed by atoms with Crippen LogP contribution in [0.4, 0.5) is 11.5 Å². The number of nitrogens with one attached hydrogen (secondary N) is 1. The Labute approximate surface area is 194 Å². The molecule has 33 heavy (non-hydrogen) atoms. The molecule has 2 aliphatic rings. The first-order valence-electron chi connectivity index (χ1n) is 11.6. The van der Waals surface area contributed by atoms with Crippen molar-refractivity contribution in [3.63, 3.8) is 0 Å². The van der Waals surface area contributed by atoms with Crippen molar-refractivity contribution >= 4 is 17.4 Å². The highest BCUT2D eigenvalue weighted by atomic mass is 16.5. The molecule has 1 N–H and O–H groups in total. The molecule has 3 aromatic rings. The lowest BCUT2D eigenvalue weighted by molar-refractivity contribution is -0.000400. The van der Waals surface area contributed by atoms with Crippen molar-refractivity contribution in [1.29, 1.82) is 0 Å². The average Bonchev–Trinajstić information content (AvgIpc) is 2.84. The fourth-order valence-electron chi connectivity index (χ4n) is 4.64. The highest BCUT2D eigenvalue weighted by Crippen LogP contribution is 2.45. The van der Waals surface area contributed by atoms with E-state index in [0.717, 1.165) is 67.6 Å². The molecule has 2 saturated heterocycles. The number of carbonyl (C=O) groups is 1. The molecule has 170 valence electrons. The van der Waals surface area contributed by atoms with E-state index in [9.17, 15) is 4.79 Å². The molecular formula is C26H29N5O2. The van der Waals surface area contributed by atoms with E-state index in [4.69, 9.17) is 9.72 Å². The molecule has 0 saturated carbocycles. The van der Waals surface area contributed by atoms with E-state index in [0.29, 0.717) is 11.0 Å². The number of ether oxygens (including phenoxy) is 1. The van der Waals surface area contributed by atoms with Crippen LogP contribution < -0.4 is 10.2 Å². The quantitative estimate of drug-likeness (QED) is 0.624. The zero-order valence-corrected chi connectivity index (χ0v) is 19.1. The monoisotopic (exact) mass is 443 g/mol. The van der Waals surface area contributed by atoms with Crippen molar-refractivity contribution in [2.45, 2.75) is 32.6 Å². The van der Waals surface area contributed by atoms with Crippen LogP contribution in [0.15, 0.2) is 55.0 Å². The number of anilines is 2. The Hall–Kier alpha value is -3.32. The Kier molecular flexibility index (Phi) is 5.81. The lowest BCUT2D eigenvalue weighted by Crippen LogP contribution is -2.59. The zero-order valence-electron chi connectivity index (χ0n) is 19.1. The van der Waals surface area contributed by atoms with Crippen molar-refractivity contribution < 1.29 is 9.53 Å². The van der Waals surface area contributed by atoms with Gasteiger partial charge in [-0.1, -0.05) is 44.2 Å². The summed E-state index contributed by atoms with van der Waals surface area (Å²) in [6.07, 6.45) is 7.15. The maximum atomic E-state index is 13.2. The van der Waals surface area contributed by atoms with Gasteiger partial charge in [-0.05, 0) is 24.5 Å². The van der Waals surface area contributed by atoms with Gasteiger partial charge in [0.1, 0.15) is 5.82 Å². The number of rotatable bonds is 5. The number of hydrogen-bond donors (Lipinski definition) is 1. The number of benzene rings is 1. The van der Waals surface area contributed by atoms with E-state index in [1.807, 2.05) is 56.4 Å². The molecule has 2 aromatic heterocycles.